The SMILES string of the molecule is O=C(CN1CCc2ncc([N+](=O)[O-])cc2C1)NC1CC1. The molecule has 1 aliphatic carbocycles. The van der Waals surface area contributed by atoms with Crippen LogP contribution >= 0.6 is 0 Å². The Morgan fingerprint density at radius 1 is 1.55 bits per heavy atom. The van der Waals surface area contributed by atoms with Crippen molar-refractivity contribution in [1.82, 2.24) is 15.2 Å². The van der Waals surface area contributed by atoms with Gasteiger partial charge in [0.15, 0.2) is 0 Å². The number of nitrogens with zero attached hydrogens (tertiary/aromatic N) is 3. The van der Waals surface area contributed by atoms with E-state index in [1.165, 1.54) is 6.20 Å². The van der Waals surface area contributed by atoms with Crippen molar-refractivity contribution in [3.63, 3.8) is 0 Å². The van der Waals surface area contributed by atoms with Crippen LogP contribution in [-0.2, 0) is 17.8 Å². The van der Waals surface area contributed by atoms with Crippen LogP contribution in [-0.4, -0.2) is 39.8 Å². The first-order valence-electron chi connectivity index (χ1n) is 6.76. The van der Waals surface area contributed by atoms with Gasteiger partial charge in [0.1, 0.15) is 6.20 Å². The van der Waals surface area contributed by atoms with E-state index in [2.05, 4.69) is 10.3 Å². The predicted molar refractivity (Wildman–Crippen MR) is 71.0 cm³/mol. The first-order chi connectivity index (χ1) is 9.61. The number of fused-ring (bicyclic) bond motifs is 1. The number of amides is 1. The molecule has 0 saturated heterocycles. The van der Waals surface area contributed by atoms with Crippen molar-refractivity contribution in [3.05, 3.63) is 33.6 Å². The van der Waals surface area contributed by atoms with Gasteiger partial charge in [0.2, 0.25) is 5.91 Å². The third-order valence-corrected chi connectivity index (χ3v) is 3.62. The Kier molecular flexibility index (Phi) is 3.35. The monoisotopic (exact) mass is 276 g/mol. The second kappa shape index (κ2) is 5.16. The number of rotatable bonds is 4. The van der Waals surface area contributed by atoms with Crippen LogP contribution in [0, 0.1) is 10.1 Å². The Morgan fingerprint density at radius 2 is 2.35 bits per heavy atom. The second-order valence-corrected chi connectivity index (χ2v) is 5.36. The highest BCUT2D eigenvalue weighted by Crippen LogP contribution is 2.22. The molecule has 1 amide bonds. The molecule has 1 aliphatic heterocycles. The molecule has 0 radical (unpaired) electrons. The molecule has 0 unspecified atom stereocenters. The van der Waals surface area contributed by atoms with Crippen LogP contribution in [0.5, 0.6) is 0 Å². The van der Waals surface area contributed by atoms with Crippen molar-refractivity contribution in [2.45, 2.75) is 31.8 Å². The molecule has 7 nitrogen and oxygen atoms in total. The number of nitro groups is 1. The lowest BCUT2D eigenvalue weighted by Gasteiger charge is -2.27. The van der Waals surface area contributed by atoms with Crippen molar-refractivity contribution in [1.29, 1.82) is 0 Å². The number of nitrogens with one attached hydrogen (secondary N) is 1. The second-order valence-electron chi connectivity index (χ2n) is 5.36. The first kappa shape index (κ1) is 13.0. The van der Waals surface area contributed by atoms with Crippen molar-refractivity contribution in [2.24, 2.45) is 0 Å². The van der Waals surface area contributed by atoms with Gasteiger partial charge in [-0.05, 0) is 18.4 Å². The molecule has 2 heterocycles. The molecule has 1 saturated carbocycles. The Bertz CT molecular complexity index is 557. The first-order valence-corrected chi connectivity index (χ1v) is 6.76. The normalized spacial score (nSPS) is 18.4. The summed E-state index contributed by atoms with van der Waals surface area (Å²) in [7, 11) is 0. The number of carbonyl (C=O) groups is 1. The van der Waals surface area contributed by atoms with Gasteiger partial charge in [0, 0.05) is 37.3 Å². The van der Waals surface area contributed by atoms with Gasteiger partial charge in [-0.25, -0.2) is 0 Å². The van der Waals surface area contributed by atoms with Gasteiger partial charge in [-0.3, -0.25) is 24.8 Å². The van der Waals surface area contributed by atoms with E-state index in [1.807, 2.05) is 4.90 Å². The molecule has 1 N–H and O–H groups in total. The van der Waals surface area contributed by atoms with Crippen LogP contribution < -0.4 is 5.32 Å². The molecule has 1 aromatic heterocycles. The van der Waals surface area contributed by atoms with E-state index in [4.69, 9.17) is 0 Å². The summed E-state index contributed by atoms with van der Waals surface area (Å²) in [5, 5.41) is 13.7. The number of aromatic nitrogens is 1. The predicted octanol–water partition coefficient (Wildman–Crippen LogP) is 0.626. The fourth-order valence-corrected chi connectivity index (χ4v) is 2.41. The Balaban J connectivity index is 1.65. The lowest BCUT2D eigenvalue weighted by molar-refractivity contribution is -0.385. The minimum absolute atomic E-state index is 0.00744. The van der Waals surface area contributed by atoms with E-state index < -0.39 is 4.92 Å². The fourth-order valence-electron chi connectivity index (χ4n) is 2.41. The minimum atomic E-state index is -0.438. The molecule has 2 aliphatic rings. The van der Waals surface area contributed by atoms with Gasteiger partial charge in [-0.1, -0.05) is 0 Å². The quantitative estimate of drug-likeness (QED) is 0.643. The van der Waals surface area contributed by atoms with Crippen molar-refractivity contribution < 1.29 is 9.72 Å². The van der Waals surface area contributed by atoms with Gasteiger partial charge in [-0.2, -0.15) is 0 Å². The molecular formula is C13H16N4O3. The van der Waals surface area contributed by atoms with Gasteiger partial charge >= 0.3 is 0 Å². The fraction of sp³-hybridized carbons (Fsp3) is 0.538. The summed E-state index contributed by atoms with van der Waals surface area (Å²) in [4.78, 5) is 28.2. The molecule has 106 valence electrons. The third kappa shape index (κ3) is 2.93. The summed E-state index contributed by atoms with van der Waals surface area (Å²) in [6, 6.07) is 1.93. The van der Waals surface area contributed by atoms with Gasteiger partial charge in [0.05, 0.1) is 11.5 Å². The molecular weight excluding hydrogens is 260 g/mol. The summed E-state index contributed by atoms with van der Waals surface area (Å²) in [5.41, 5.74) is 1.76. The van der Waals surface area contributed by atoms with Crippen LogP contribution in [0.4, 0.5) is 5.69 Å². The van der Waals surface area contributed by atoms with Crippen LogP contribution in [0.2, 0.25) is 0 Å². The zero-order valence-corrected chi connectivity index (χ0v) is 11.0. The summed E-state index contributed by atoms with van der Waals surface area (Å²) >= 11 is 0. The van der Waals surface area contributed by atoms with E-state index in [9.17, 15) is 14.9 Å². The average Bonchev–Trinajstić information content (AvgIpc) is 3.21. The highest BCUT2D eigenvalue weighted by Gasteiger charge is 2.26. The Hall–Kier alpha value is -2.02. The number of pyridine rings is 1. The van der Waals surface area contributed by atoms with Gasteiger partial charge in [-0.15, -0.1) is 0 Å². The lowest BCUT2D eigenvalue weighted by atomic mass is 10.1. The van der Waals surface area contributed by atoms with E-state index in [0.29, 0.717) is 19.1 Å². The minimum Gasteiger partial charge on any atom is -0.352 e. The maximum absolute atomic E-state index is 11.8. The Morgan fingerprint density at radius 3 is 3.05 bits per heavy atom. The van der Waals surface area contributed by atoms with E-state index in [1.54, 1.807) is 6.07 Å². The summed E-state index contributed by atoms with van der Waals surface area (Å²) < 4.78 is 0. The van der Waals surface area contributed by atoms with Crippen LogP contribution in [0.3, 0.4) is 0 Å². The molecule has 3 rings (SSSR count). The van der Waals surface area contributed by atoms with Crippen LogP contribution in [0.15, 0.2) is 12.3 Å². The topological polar surface area (TPSA) is 88.4 Å². The van der Waals surface area contributed by atoms with Gasteiger partial charge in [0.25, 0.3) is 5.69 Å². The maximum Gasteiger partial charge on any atom is 0.287 e. The van der Waals surface area contributed by atoms with Crippen molar-refractivity contribution in [2.75, 3.05) is 13.1 Å². The molecule has 20 heavy (non-hydrogen) atoms. The molecule has 1 aromatic rings. The molecule has 0 aromatic carbocycles. The maximum atomic E-state index is 11.8. The summed E-state index contributed by atoms with van der Waals surface area (Å²) in [5.74, 6) is 0.0364. The average molecular weight is 276 g/mol. The number of carbonyl (C=O) groups excluding carboxylic acids is 1. The number of hydrogen-bond acceptors (Lipinski definition) is 5. The molecule has 0 spiro atoms. The molecule has 1 fully saturated rings. The highest BCUT2D eigenvalue weighted by molar-refractivity contribution is 5.78. The van der Waals surface area contributed by atoms with Crippen molar-refractivity contribution >= 4 is 11.6 Å². The van der Waals surface area contributed by atoms with E-state index in [-0.39, 0.29) is 11.6 Å². The van der Waals surface area contributed by atoms with Gasteiger partial charge < -0.3 is 5.32 Å². The number of hydrogen-bond donors (Lipinski definition) is 1. The van der Waals surface area contributed by atoms with E-state index >= 15 is 0 Å². The van der Waals surface area contributed by atoms with E-state index in [0.717, 1.165) is 37.1 Å². The lowest BCUT2D eigenvalue weighted by Crippen LogP contribution is -2.40. The Labute approximate surface area is 116 Å². The van der Waals surface area contributed by atoms with Crippen molar-refractivity contribution in [3.8, 4) is 0 Å². The molecule has 0 bridgehead atoms. The third-order valence-electron chi connectivity index (χ3n) is 3.62. The zero-order valence-electron chi connectivity index (χ0n) is 11.0. The zero-order chi connectivity index (χ0) is 14.1. The summed E-state index contributed by atoms with van der Waals surface area (Å²) in [6.45, 7) is 1.65. The summed E-state index contributed by atoms with van der Waals surface area (Å²) in [6.07, 6.45) is 4.17. The standard InChI is InChI=1S/C13H16N4O3/c18-13(15-10-1-2-10)8-16-4-3-12-9(7-16)5-11(6-14-12)17(19)20/h5-6,10H,1-4,7-8H2,(H,15,18). The largest absolute Gasteiger partial charge is 0.352 e. The molecule has 7 heteroatoms. The molecule has 0 atom stereocenters. The highest BCUT2D eigenvalue weighted by atomic mass is 16.6. The smallest absolute Gasteiger partial charge is 0.287 e. The van der Waals surface area contributed by atoms with Crippen LogP contribution in [0.25, 0.3) is 0 Å². The van der Waals surface area contributed by atoms with Crippen LogP contribution in [0.1, 0.15) is 24.1 Å².